The SMILES string of the molecule is C=CCn1c(S[C@@H](C)C(=O)NCC)nc2sc3c(c2c1=O)CCC3. The highest BCUT2D eigenvalue weighted by atomic mass is 32.2. The smallest absolute Gasteiger partial charge is 0.263 e. The fraction of sp³-hybridized carbons (Fsp3) is 0.471. The number of allylic oxidation sites excluding steroid dienone is 1. The summed E-state index contributed by atoms with van der Waals surface area (Å²) in [7, 11) is 0. The number of carbonyl (C=O) groups is 1. The Labute approximate surface area is 149 Å². The summed E-state index contributed by atoms with van der Waals surface area (Å²) in [6.45, 7) is 8.46. The molecule has 1 aliphatic carbocycles. The van der Waals surface area contributed by atoms with Crippen LogP contribution in [0, 0.1) is 0 Å². The van der Waals surface area contributed by atoms with Crippen LogP contribution >= 0.6 is 23.1 Å². The molecule has 3 rings (SSSR count). The van der Waals surface area contributed by atoms with Gasteiger partial charge in [-0.1, -0.05) is 17.8 Å². The van der Waals surface area contributed by atoms with Crippen LogP contribution in [0.15, 0.2) is 22.6 Å². The van der Waals surface area contributed by atoms with Crippen molar-refractivity contribution in [2.45, 2.75) is 50.1 Å². The van der Waals surface area contributed by atoms with Gasteiger partial charge in [0.15, 0.2) is 5.16 Å². The van der Waals surface area contributed by atoms with Crippen molar-refractivity contribution < 1.29 is 4.79 Å². The molecule has 1 aliphatic rings. The van der Waals surface area contributed by atoms with E-state index in [0.29, 0.717) is 18.2 Å². The lowest BCUT2D eigenvalue weighted by Gasteiger charge is -2.14. The number of rotatable bonds is 6. The first kappa shape index (κ1) is 17.2. The highest BCUT2D eigenvalue weighted by molar-refractivity contribution is 8.00. The normalized spacial score (nSPS) is 14.6. The Kier molecular flexibility index (Phi) is 5.10. The second-order valence-electron chi connectivity index (χ2n) is 5.79. The molecule has 7 heteroatoms. The average molecular weight is 364 g/mol. The maximum absolute atomic E-state index is 13.0. The maximum Gasteiger partial charge on any atom is 0.263 e. The first-order valence-corrected chi connectivity index (χ1v) is 9.86. The van der Waals surface area contributed by atoms with Crippen LogP contribution in [0.2, 0.25) is 0 Å². The maximum atomic E-state index is 13.0. The number of nitrogens with zero attached hydrogens (tertiary/aromatic N) is 2. The summed E-state index contributed by atoms with van der Waals surface area (Å²) in [6, 6.07) is 0. The number of fused-ring (bicyclic) bond motifs is 3. The Balaban J connectivity index is 2.07. The summed E-state index contributed by atoms with van der Waals surface area (Å²) >= 11 is 2.95. The molecule has 0 saturated carbocycles. The average Bonchev–Trinajstić information content (AvgIpc) is 3.11. The molecule has 0 fully saturated rings. The number of thiophene rings is 1. The molecule has 0 aromatic carbocycles. The van der Waals surface area contributed by atoms with Gasteiger partial charge in [-0.3, -0.25) is 14.2 Å². The van der Waals surface area contributed by atoms with E-state index >= 15 is 0 Å². The molecule has 0 bridgehead atoms. The van der Waals surface area contributed by atoms with E-state index in [-0.39, 0.29) is 16.7 Å². The van der Waals surface area contributed by atoms with E-state index in [1.165, 1.54) is 22.2 Å². The van der Waals surface area contributed by atoms with Gasteiger partial charge in [0.2, 0.25) is 5.91 Å². The van der Waals surface area contributed by atoms with Gasteiger partial charge >= 0.3 is 0 Å². The molecule has 0 spiro atoms. The molecule has 5 nitrogen and oxygen atoms in total. The van der Waals surface area contributed by atoms with Crippen molar-refractivity contribution in [3.05, 3.63) is 33.4 Å². The van der Waals surface area contributed by atoms with Crippen LogP contribution in [-0.2, 0) is 24.2 Å². The van der Waals surface area contributed by atoms with Crippen molar-refractivity contribution in [3.63, 3.8) is 0 Å². The van der Waals surface area contributed by atoms with Gasteiger partial charge in [-0.05, 0) is 38.7 Å². The lowest BCUT2D eigenvalue weighted by molar-refractivity contribution is -0.120. The predicted molar refractivity (Wildman–Crippen MR) is 100 cm³/mol. The lowest BCUT2D eigenvalue weighted by Crippen LogP contribution is -2.31. The molecule has 1 amide bonds. The fourth-order valence-electron chi connectivity index (χ4n) is 2.97. The van der Waals surface area contributed by atoms with Crippen LogP contribution in [0.4, 0.5) is 0 Å². The zero-order valence-electron chi connectivity index (χ0n) is 13.9. The topological polar surface area (TPSA) is 64.0 Å². The van der Waals surface area contributed by atoms with E-state index in [1.807, 2.05) is 13.8 Å². The summed E-state index contributed by atoms with van der Waals surface area (Å²) in [5, 5.41) is 3.86. The largest absolute Gasteiger partial charge is 0.355 e. The Hall–Kier alpha value is -1.60. The Bertz CT molecular complexity index is 854. The van der Waals surface area contributed by atoms with Crippen molar-refractivity contribution in [1.82, 2.24) is 14.9 Å². The summed E-state index contributed by atoms with van der Waals surface area (Å²) in [5.74, 6) is -0.0457. The minimum atomic E-state index is -0.308. The highest BCUT2D eigenvalue weighted by Gasteiger charge is 2.24. The summed E-state index contributed by atoms with van der Waals surface area (Å²) in [4.78, 5) is 31.8. The number of hydrogen-bond acceptors (Lipinski definition) is 5. The molecule has 0 radical (unpaired) electrons. The summed E-state index contributed by atoms with van der Waals surface area (Å²) in [5.41, 5.74) is 1.17. The Morgan fingerprint density at radius 1 is 1.54 bits per heavy atom. The number of amides is 1. The molecule has 128 valence electrons. The molecule has 0 unspecified atom stereocenters. The molecule has 1 N–H and O–H groups in total. The van der Waals surface area contributed by atoms with E-state index < -0.39 is 0 Å². The minimum absolute atomic E-state index is 0.00935. The molecule has 0 saturated heterocycles. The van der Waals surface area contributed by atoms with Gasteiger partial charge in [-0.25, -0.2) is 4.98 Å². The van der Waals surface area contributed by atoms with Gasteiger partial charge in [0, 0.05) is 18.0 Å². The van der Waals surface area contributed by atoms with Gasteiger partial charge < -0.3 is 5.32 Å². The quantitative estimate of drug-likeness (QED) is 0.487. The van der Waals surface area contributed by atoms with E-state index in [0.717, 1.165) is 29.5 Å². The third-order valence-electron chi connectivity index (χ3n) is 4.10. The van der Waals surface area contributed by atoms with Crippen LogP contribution in [-0.4, -0.2) is 27.3 Å². The molecular weight excluding hydrogens is 342 g/mol. The van der Waals surface area contributed by atoms with Crippen molar-refractivity contribution in [3.8, 4) is 0 Å². The standard InChI is InChI=1S/C17H21N3O2S2/c1-4-9-20-16(22)13-11-7-6-8-12(11)24-15(13)19-17(20)23-10(3)14(21)18-5-2/h4,10H,1,5-9H2,2-3H3,(H,18,21)/t10-/m0/s1. The van der Waals surface area contributed by atoms with Gasteiger partial charge in [0.05, 0.1) is 10.6 Å². The van der Waals surface area contributed by atoms with Gasteiger partial charge in [0.25, 0.3) is 5.56 Å². The Morgan fingerprint density at radius 2 is 2.33 bits per heavy atom. The number of aromatic nitrogens is 2. The predicted octanol–water partition coefficient (Wildman–Crippen LogP) is 2.75. The van der Waals surface area contributed by atoms with Gasteiger partial charge in [0.1, 0.15) is 4.83 Å². The number of carbonyl (C=O) groups excluding carboxylic acids is 1. The van der Waals surface area contributed by atoms with Crippen molar-refractivity contribution in [1.29, 1.82) is 0 Å². The molecule has 2 aromatic rings. The highest BCUT2D eigenvalue weighted by Crippen LogP contribution is 2.36. The zero-order chi connectivity index (χ0) is 17.3. The first-order valence-electron chi connectivity index (χ1n) is 8.17. The first-order chi connectivity index (χ1) is 11.6. The van der Waals surface area contributed by atoms with E-state index in [1.54, 1.807) is 22.0 Å². The fourth-order valence-corrected chi connectivity index (χ4v) is 5.21. The van der Waals surface area contributed by atoms with Crippen LogP contribution < -0.4 is 10.9 Å². The summed E-state index contributed by atoms with van der Waals surface area (Å²) in [6.07, 6.45) is 4.81. The van der Waals surface area contributed by atoms with E-state index in [4.69, 9.17) is 4.98 Å². The van der Waals surface area contributed by atoms with Gasteiger partial charge in [-0.2, -0.15) is 0 Å². The van der Waals surface area contributed by atoms with Crippen LogP contribution in [0.1, 0.15) is 30.7 Å². The Morgan fingerprint density at radius 3 is 3.04 bits per heavy atom. The molecule has 24 heavy (non-hydrogen) atoms. The second kappa shape index (κ2) is 7.11. The van der Waals surface area contributed by atoms with Crippen molar-refractivity contribution in [2.75, 3.05) is 6.54 Å². The molecule has 1 atom stereocenters. The molecule has 2 aromatic heterocycles. The third-order valence-corrected chi connectivity index (χ3v) is 6.38. The molecule has 2 heterocycles. The van der Waals surface area contributed by atoms with E-state index in [2.05, 4.69) is 11.9 Å². The number of thioether (sulfide) groups is 1. The monoisotopic (exact) mass is 363 g/mol. The van der Waals surface area contributed by atoms with Crippen LogP contribution in [0.25, 0.3) is 10.2 Å². The van der Waals surface area contributed by atoms with Crippen molar-refractivity contribution >= 4 is 39.2 Å². The zero-order valence-corrected chi connectivity index (χ0v) is 15.6. The molecule has 0 aliphatic heterocycles. The number of aryl methyl sites for hydroxylation is 2. The minimum Gasteiger partial charge on any atom is -0.355 e. The van der Waals surface area contributed by atoms with Gasteiger partial charge in [-0.15, -0.1) is 17.9 Å². The van der Waals surface area contributed by atoms with E-state index in [9.17, 15) is 9.59 Å². The number of hydrogen-bond donors (Lipinski definition) is 1. The molecular formula is C17H21N3O2S2. The van der Waals surface area contributed by atoms with Crippen LogP contribution in [0.5, 0.6) is 0 Å². The third kappa shape index (κ3) is 3.02. The lowest BCUT2D eigenvalue weighted by atomic mass is 10.2. The second-order valence-corrected chi connectivity index (χ2v) is 8.18. The number of nitrogens with one attached hydrogen (secondary N) is 1. The summed E-state index contributed by atoms with van der Waals surface area (Å²) < 4.78 is 1.64. The van der Waals surface area contributed by atoms with Crippen molar-refractivity contribution in [2.24, 2.45) is 0 Å². The van der Waals surface area contributed by atoms with Crippen LogP contribution in [0.3, 0.4) is 0 Å².